The van der Waals surface area contributed by atoms with Gasteiger partial charge >= 0.3 is 0 Å². The lowest BCUT2D eigenvalue weighted by Crippen LogP contribution is -2.32. The largest absolute Gasteiger partial charge is 0.293 e. The van der Waals surface area contributed by atoms with Crippen LogP contribution in [0.1, 0.15) is 13.3 Å². The molecule has 0 fully saturated rings. The van der Waals surface area contributed by atoms with Crippen molar-refractivity contribution in [2.45, 2.75) is 19.4 Å². The zero-order chi connectivity index (χ0) is 8.69. The van der Waals surface area contributed by atoms with E-state index in [-0.39, 0.29) is 0 Å². The molecule has 0 bridgehead atoms. The average Bonchev–Trinajstić information content (AvgIpc) is 2.03. The van der Waals surface area contributed by atoms with Gasteiger partial charge in [0, 0.05) is 19.1 Å². The molecular weight excluding hydrogens is 134 g/mol. The van der Waals surface area contributed by atoms with Crippen LogP contribution >= 0.6 is 0 Å². The fraction of sp³-hybridized carbons (Fsp3) is 0.500. The van der Waals surface area contributed by atoms with E-state index in [4.69, 9.17) is 0 Å². The average molecular weight is 152 g/mol. The molecule has 0 amide bonds. The van der Waals surface area contributed by atoms with Crippen LogP contribution in [0.15, 0.2) is 25.3 Å². The van der Waals surface area contributed by atoms with E-state index in [0.717, 1.165) is 19.5 Å². The van der Waals surface area contributed by atoms with Crippen molar-refractivity contribution in [3.63, 3.8) is 0 Å². The Hall–Kier alpha value is -0.560. The minimum atomic E-state index is 0.381. The van der Waals surface area contributed by atoms with Gasteiger partial charge in [0.15, 0.2) is 0 Å². The van der Waals surface area contributed by atoms with Gasteiger partial charge in [-0.3, -0.25) is 4.90 Å². The second-order valence-corrected chi connectivity index (χ2v) is 2.59. The summed E-state index contributed by atoms with van der Waals surface area (Å²) in [4.78, 5) is 2.24. The van der Waals surface area contributed by atoms with Crippen LogP contribution < -0.4 is 0 Å². The molecule has 0 aromatic carbocycles. The van der Waals surface area contributed by atoms with Crippen LogP contribution in [0, 0.1) is 6.92 Å². The van der Waals surface area contributed by atoms with Crippen molar-refractivity contribution >= 4 is 0 Å². The van der Waals surface area contributed by atoms with Gasteiger partial charge < -0.3 is 0 Å². The SMILES string of the molecule is [CH2]C(CC)N(CC=C)CC=C. The van der Waals surface area contributed by atoms with Gasteiger partial charge in [0.25, 0.3) is 0 Å². The highest BCUT2D eigenvalue weighted by molar-refractivity contribution is 4.84. The van der Waals surface area contributed by atoms with E-state index in [1.54, 1.807) is 0 Å². The maximum absolute atomic E-state index is 4.02. The van der Waals surface area contributed by atoms with Crippen LogP contribution in [-0.2, 0) is 0 Å². The fourth-order valence-corrected chi connectivity index (χ4v) is 0.963. The van der Waals surface area contributed by atoms with Crippen molar-refractivity contribution < 1.29 is 0 Å². The van der Waals surface area contributed by atoms with E-state index in [1.165, 1.54) is 0 Å². The zero-order valence-electron chi connectivity index (χ0n) is 7.42. The second-order valence-electron chi connectivity index (χ2n) is 2.59. The summed E-state index contributed by atoms with van der Waals surface area (Å²) in [6.45, 7) is 15.3. The minimum Gasteiger partial charge on any atom is -0.293 e. The molecular formula is C10H18N. The standard InChI is InChI=1S/C10H18N/c1-5-8-11(9-6-2)10(4)7-3/h5-6,10H,1-2,4,7-9H2,3H3. The summed E-state index contributed by atoms with van der Waals surface area (Å²) in [6.07, 6.45) is 4.87. The van der Waals surface area contributed by atoms with E-state index in [1.807, 2.05) is 12.2 Å². The molecule has 1 heteroatoms. The predicted molar refractivity (Wildman–Crippen MR) is 51.4 cm³/mol. The highest BCUT2D eigenvalue weighted by Crippen LogP contribution is 2.01. The highest BCUT2D eigenvalue weighted by atomic mass is 15.1. The van der Waals surface area contributed by atoms with Gasteiger partial charge in [-0.05, 0) is 13.3 Å². The molecule has 0 N–H and O–H groups in total. The van der Waals surface area contributed by atoms with Gasteiger partial charge in [-0.2, -0.15) is 0 Å². The summed E-state index contributed by atoms with van der Waals surface area (Å²) in [7, 11) is 0. The minimum absolute atomic E-state index is 0.381. The summed E-state index contributed by atoms with van der Waals surface area (Å²) in [5, 5.41) is 0. The van der Waals surface area contributed by atoms with Crippen LogP contribution in [0.2, 0.25) is 0 Å². The zero-order valence-corrected chi connectivity index (χ0v) is 7.42. The molecule has 0 aliphatic rings. The Labute approximate surface area is 70.4 Å². The van der Waals surface area contributed by atoms with Crippen LogP contribution in [0.3, 0.4) is 0 Å². The van der Waals surface area contributed by atoms with Gasteiger partial charge in [0.05, 0.1) is 0 Å². The molecule has 0 rings (SSSR count). The first kappa shape index (κ1) is 10.4. The predicted octanol–water partition coefficient (Wildman–Crippen LogP) is 2.27. The maximum atomic E-state index is 4.02. The van der Waals surface area contributed by atoms with Crippen molar-refractivity contribution in [1.29, 1.82) is 0 Å². The molecule has 1 atom stereocenters. The molecule has 63 valence electrons. The molecule has 0 aromatic rings. The van der Waals surface area contributed by atoms with Gasteiger partial charge in [-0.1, -0.05) is 19.1 Å². The van der Waals surface area contributed by atoms with Crippen LogP contribution in [0.25, 0.3) is 0 Å². The number of nitrogens with zero attached hydrogens (tertiary/aromatic N) is 1. The van der Waals surface area contributed by atoms with E-state index in [0.29, 0.717) is 6.04 Å². The first-order valence-electron chi connectivity index (χ1n) is 4.05. The molecule has 1 radical (unpaired) electrons. The number of rotatable bonds is 6. The molecule has 0 aliphatic carbocycles. The van der Waals surface area contributed by atoms with E-state index < -0.39 is 0 Å². The molecule has 0 aliphatic heterocycles. The first-order chi connectivity index (χ1) is 5.26. The Balaban J connectivity index is 3.84. The van der Waals surface area contributed by atoms with Crippen molar-refractivity contribution in [3.05, 3.63) is 32.2 Å². The van der Waals surface area contributed by atoms with Gasteiger partial charge in [-0.25, -0.2) is 0 Å². The third-order valence-corrected chi connectivity index (χ3v) is 1.71. The number of hydrogen-bond acceptors (Lipinski definition) is 1. The van der Waals surface area contributed by atoms with Crippen LogP contribution in [-0.4, -0.2) is 24.0 Å². The topological polar surface area (TPSA) is 3.24 Å². The first-order valence-corrected chi connectivity index (χ1v) is 4.05. The summed E-state index contributed by atoms with van der Waals surface area (Å²) in [6, 6.07) is 0.381. The Morgan fingerprint density at radius 1 is 1.27 bits per heavy atom. The Kier molecular flexibility index (Phi) is 5.86. The summed E-state index contributed by atoms with van der Waals surface area (Å²) < 4.78 is 0. The van der Waals surface area contributed by atoms with Crippen molar-refractivity contribution in [1.82, 2.24) is 4.90 Å². The number of hydrogen-bond donors (Lipinski definition) is 0. The highest BCUT2D eigenvalue weighted by Gasteiger charge is 2.07. The van der Waals surface area contributed by atoms with Crippen LogP contribution in [0.5, 0.6) is 0 Å². The lowest BCUT2D eigenvalue weighted by atomic mass is 10.2. The van der Waals surface area contributed by atoms with E-state index in [9.17, 15) is 0 Å². The van der Waals surface area contributed by atoms with Gasteiger partial charge in [-0.15, -0.1) is 13.2 Å². The van der Waals surface area contributed by atoms with Gasteiger partial charge in [0.1, 0.15) is 0 Å². The molecule has 0 aromatic heterocycles. The molecule has 0 spiro atoms. The molecule has 0 heterocycles. The Morgan fingerprint density at radius 2 is 1.73 bits per heavy atom. The summed E-state index contributed by atoms with van der Waals surface area (Å²) >= 11 is 0. The maximum Gasteiger partial charge on any atom is 0.0166 e. The van der Waals surface area contributed by atoms with E-state index in [2.05, 4.69) is 31.9 Å². The smallest absolute Gasteiger partial charge is 0.0166 e. The van der Waals surface area contributed by atoms with Crippen molar-refractivity contribution in [3.8, 4) is 0 Å². The molecule has 11 heavy (non-hydrogen) atoms. The molecule has 0 saturated carbocycles. The Morgan fingerprint density at radius 3 is 2.00 bits per heavy atom. The summed E-state index contributed by atoms with van der Waals surface area (Å²) in [5.74, 6) is 0. The summed E-state index contributed by atoms with van der Waals surface area (Å²) in [5.41, 5.74) is 0. The molecule has 1 unspecified atom stereocenters. The van der Waals surface area contributed by atoms with Crippen molar-refractivity contribution in [2.24, 2.45) is 0 Å². The van der Waals surface area contributed by atoms with E-state index >= 15 is 0 Å². The lowest BCUT2D eigenvalue weighted by Gasteiger charge is -2.25. The Bertz CT molecular complexity index is 108. The van der Waals surface area contributed by atoms with Gasteiger partial charge in [0.2, 0.25) is 0 Å². The van der Waals surface area contributed by atoms with Crippen molar-refractivity contribution in [2.75, 3.05) is 13.1 Å². The lowest BCUT2D eigenvalue weighted by molar-refractivity contribution is 0.273. The third kappa shape index (κ3) is 3.99. The monoisotopic (exact) mass is 152 g/mol. The third-order valence-electron chi connectivity index (χ3n) is 1.71. The molecule has 1 nitrogen and oxygen atoms in total. The quantitative estimate of drug-likeness (QED) is 0.528. The van der Waals surface area contributed by atoms with Crippen LogP contribution in [0.4, 0.5) is 0 Å². The molecule has 0 saturated heterocycles. The normalized spacial score (nSPS) is 13.0. The fourth-order valence-electron chi connectivity index (χ4n) is 0.963. The second kappa shape index (κ2) is 6.17.